The number of aromatic nitrogens is 1. The average Bonchev–Trinajstić information content (AvgIpc) is 2.82. The van der Waals surface area contributed by atoms with Gasteiger partial charge in [0.25, 0.3) is 0 Å². The molecule has 0 saturated carbocycles. The van der Waals surface area contributed by atoms with Crippen LogP contribution in [0.3, 0.4) is 0 Å². The molecular formula is C14H19N3OS. The van der Waals surface area contributed by atoms with Crippen LogP contribution in [-0.2, 0) is 6.42 Å². The van der Waals surface area contributed by atoms with Crippen molar-refractivity contribution in [3.63, 3.8) is 0 Å². The number of rotatable bonds is 5. The van der Waals surface area contributed by atoms with E-state index in [9.17, 15) is 0 Å². The fourth-order valence-corrected chi connectivity index (χ4v) is 2.82. The van der Waals surface area contributed by atoms with Crippen LogP contribution in [0.5, 0.6) is 5.75 Å². The highest BCUT2D eigenvalue weighted by molar-refractivity contribution is 7.09. The summed E-state index contributed by atoms with van der Waals surface area (Å²) in [5, 5.41) is 3.14. The molecule has 5 heteroatoms. The molecule has 0 saturated heterocycles. The maximum atomic E-state index is 5.68. The molecule has 0 bridgehead atoms. The lowest BCUT2D eigenvalue weighted by atomic mass is 10.0. The number of aryl methyl sites for hydroxylation is 2. The molecule has 0 amide bonds. The first-order valence-corrected chi connectivity index (χ1v) is 7.03. The van der Waals surface area contributed by atoms with Crippen LogP contribution < -0.4 is 16.0 Å². The molecule has 0 spiro atoms. The van der Waals surface area contributed by atoms with E-state index in [4.69, 9.17) is 10.6 Å². The summed E-state index contributed by atoms with van der Waals surface area (Å²) >= 11 is 1.66. The van der Waals surface area contributed by atoms with E-state index in [1.807, 2.05) is 26.0 Å². The predicted octanol–water partition coefficient (Wildman–Crippen LogP) is 2.52. The van der Waals surface area contributed by atoms with Crippen molar-refractivity contribution in [2.75, 3.05) is 7.11 Å². The van der Waals surface area contributed by atoms with Crippen molar-refractivity contribution in [3.8, 4) is 5.75 Å². The molecule has 19 heavy (non-hydrogen) atoms. The summed E-state index contributed by atoms with van der Waals surface area (Å²) in [5.41, 5.74) is 6.14. The molecule has 1 atom stereocenters. The molecule has 0 radical (unpaired) electrons. The number of nitrogens with zero attached hydrogens (tertiary/aromatic N) is 1. The van der Waals surface area contributed by atoms with Gasteiger partial charge in [-0.1, -0.05) is 12.1 Å². The molecule has 0 aliphatic heterocycles. The smallest absolute Gasteiger partial charge is 0.122 e. The van der Waals surface area contributed by atoms with E-state index in [0.29, 0.717) is 0 Å². The van der Waals surface area contributed by atoms with Gasteiger partial charge < -0.3 is 4.74 Å². The van der Waals surface area contributed by atoms with Crippen LogP contribution in [0.1, 0.15) is 27.9 Å². The zero-order chi connectivity index (χ0) is 13.8. The largest absolute Gasteiger partial charge is 0.496 e. The molecular weight excluding hydrogens is 258 g/mol. The van der Waals surface area contributed by atoms with Gasteiger partial charge in [0.05, 0.1) is 18.2 Å². The highest BCUT2D eigenvalue weighted by Gasteiger charge is 2.14. The van der Waals surface area contributed by atoms with Crippen molar-refractivity contribution in [2.45, 2.75) is 26.3 Å². The molecule has 3 N–H and O–H groups in total. The first-order valence-electron chi connectivity index (χ1n) is 6.15. The van der Waals surface area contributed by atoms with E-state index < -0.39 is 0 Å². The Hall–Kier alpha value is -1.43. The maximum absolute atomic E-state index is 5.68. The number of hydrogen-bond acceptors (Lipinski definition) is 5. The quantitative estimate of drug-likeness (QED) is 0.651. The molecule has 2 aromatic rings. The molecule has 0 fully saturated rings. The maximum Gasteiger partial charge on any atom is 0.122 e. The van der Waals surface area contributed by atoms with Gasteiger partial charge in [0.2, 0.25) is 0 Å². The Morgan fingerprint density at radius 1 is 1.42 bits per heavy atom. The Bertz CT molecular complexity index is 553. The Labute approximate surface area is 117 Å². The van der Waals surface area contributed by atoms with E-state index in [1.54, 1.807) is 18.4 Å². The van der Waals surface area contributed by atoms with Crippen molar-refractivity contribution < 1.29 is 4.74 Å². The summed E-state index contributed by atoms with van der Waals surface area (Å²) in [6.07, 6.45) is 0.779. The summed E-state index contributed by atoms with van der Waals surface area (Å²) < 4.78 is 5.35. The Morgan fingerprint density at radius 3 is 2.79 bits per heavy atom. The van der Waals surface area contributed by atoms with Crippen LogP contribution in [0.2, 0.25) is 0 Å². The summed E-state index contributed by atoms with van der Waals surface area (Å²) in [4.78, 5) is 4.48. The van der Waals surface area contributed by atoms with Crippen LogP contribution >= 0.6 is 11.3 Å². The lowest BCUT2D eigenvalue weighted by Gasteiger charge is -2.16. The van der Waals surface area contributed by atoms with Crippen LogP contribution in [0, 0.1) is 13.8 Å². The van der Waals surface area contributed by atoms with E-state index in [2.05, 4.69) is 21.9 Å². The second kappa shape index (κ2) is 6.14. The zero-order valence-electron chi connectivity index (χ0n) is 11.4. The molecule has 2 rings (SSSR count). The monoisotopic (exact) mass is 277 g/mol. The molecule has 1 aromatic heterocycles. The topological polar surface area (TPSA) is 60.2 Å². The SMILES string of the molecule is COc1cc(C(Cc2nc(C)cs2)NN)ccc1C. The Morgan fingerprint density at radius 2 is 2.21 bits per heavy atom. The molecule has 1 heterocycles. The van der Waals surface area contributed by atoms with E-state index in [-0.39, 0.29) is 6.04 Å². The van der Waals surface area contributed by atoms with Crippen molar-refractivity contribution in [2.24, 2.45) is 5.84 Å². The normalized spacial score (nSPS) is 12.4. The highest BCUT2D eigenvalue weighted by atomic mass is 32.1. The van der Waals surface area contributed by atoms with Crippen molar-refractivity contribution in [1.82, 2.24) is 10.4 Å². The molecule has 0 aliphatic rings. The number of thiazole rings is 1. The molecule has 1 aromatic carbocycles. The summed E-state index contributed by atoms with van der Waals surface area (Å²) in [7, 11) is 1.68. The lowest BCUT2D eigenvalue weighted by Crippen LogP contribution is -2.29. The molecule has 1 unspecified atom stereocenters. The molecule has 102 valence electrons. The minimum atomic E-state index is 0.0417. The molecule has 0 aliphatic carbocycles. The third-order valence-corrected chi connectivity index (χ3v) is 4.07. The fourth-order valence-electron chi connectivity index (χ4n) is 2.00. The second-order valence-electron chi connectivity index (χ2n) is 4.54. The minimum absolute atomic E-state index is 0.0417. The van der Waals surface area contributed by atoms with Gasteiger partial charge in [-0.3, -0.25) is 11.3 Å². The van der Waals surface area contributed by atoms with Gasteiger partial charge in [0.1, 0.15) is 5.75 Å². The average molecular weight is 277 g/mol. The van der Waals surface area contributed by atoms with Crippen LogP contribution in [0.15, 0.2) is 23.6 Å². The standard InChI is InChI=1S/C14H19N3OS/c1-9-4-5-11(6-13(9)18-3)12(17-15)7-14-16-10(2)8-19-14/h4-6,8,12,17H,7,15H2,1-3H3. The number of hydrogen-bond donors (Lipinski definition) is 2. The van der Waals surface area contributed by atoms with Gasteiger partial charge in [-0.15, -0.1) is 11.3 Å². The zero-order valence-corrected chi connectivity index (χ0v) is 12.3. The van der Waals surface area contributed by atoms with E-state index >= 15 is 0 Å². The lowest BCUT2D eigenvalue weighted by molar-refractivity contribution is 0.410. The van der Waals surface area contributed by atoms with Gasteiger partial charge in [-0.25, -0.2) is 4.98 Å². The second-order valence-corrected chi connectivity index (χ2v) is 5.48. The number of hydrazine groups is 1. The third-order valence-electron chi connectivity index (χ3n) is 3.08. The number of benzene rings is 1. The van der Waals surface area contributed by atoms with Crippen LogP contribution in [-0.4, -0.2) is 12.1 Å². The number of nitrogens with one attached hydrogen (secondary N) is 1. The first kappa shape index (κ1) is 14.0. The van der Waals surface area contributed by atoms with Crippen molar-refractivity contribution >= 4 is 11.3 Å². The van der Waals surface area contributed by atoms with Crippen LogP contribution in [0.25, 0.3) is 0 Å². The van der Waals surface area contributed by atoms with Gasteiger partial charge in [0, 0.05) is 17.5 Å². The van der Waals surface area contributed by atoms with Gasteiger partial charge in [0.15, 0.2) is 0 Å². The van der Waals surface area contributed by atoms with Gasteiger partial charge >= 0.3 is 0 Å². The minimum Gasteiger partial charge on any atom is -0.496 e. The van der Waals surface area contributed by atoms with Gasteiger partial charge in [-0.2, -0.15) is 0 Å². The Balaban J connectivity index is 2.21. The highest BCUT2D eigenvalue weighted by Crippen LogP contribution is 2.25. The Kier molecular flexibility index (Phi) is 4.52. The molecule has 4 nitrogen and oxygen atoms in total. The first-order chi connectivity index (χ1) is 9.13. The summed E-state index contributed by atoms with van der Waals surface area (Å²) in [6, 6.07) is 6.19. The van der Waals surface area contributed by atoms with Crippen molar-refractivity contribution in [3.05, 3.63) is 45.4 Å². The third kappa shape index (κ3) is 3.32. The predicted molar refractivity (Wildman–Crippen MR) is 78.4 cm³/mol. The van der Waals surface area contributed by atoms with E-state index in [0.717, 1.165) is 34.0 Å². The van der Waals surface area contributed by atoms with E-state index in [1.165, 1.54) is 0 Å². The number of nitrogens with two attached hydrogens (primary N) is 1. The fraction of sp³-hybridized carbons (Fsp3) is 0.357. The van der Waals surface area contributed by atoms with Crippen LogP contribution in [0.4, 0.5) is 0 Å². The van der Waals surface area contributed by atoms with Crippen molar-refractivity contribution in [1.29, 1.82) is 0 Å². The van der Waals surface area contributed by atoms with Gasteiger partial charge in [-0.05, 0) is 31.0 Å². The summed E-state index contributed by atoms with van der Waals surface area (Å²) in [6.45, 7) is 4.03. The number of ether oxygens (including phenoxy) is 1. The summed E-state index contributed by atoms with van der Waals surface area (Å²) in [5.74, 6) is 6.56. The number of methoxy groups -OCH3 is 1.